The van der Waals surface area contributed by atoms with E-state index < -0.39 is 0 Å². The van der Waals surface area contributed by atoms with Crippen LogP contribution in [0.5, 0.6) is 0 Å². The second-order valence-corrected chi connectivity index (χ2v) is 9.17. The molecule has 1 N–H and O–H groups in total. The van der Waals surface area contributed by atoms with Gasteiger partial charge in [0.1, 0.15) is 4.70 Å². The van der Waals surface area contributed by atoms with Crippen molar-refractivity contribution in [2.24, 2.45) is 0 Å². The number of thiophene rings is 1. The summed E-state index contributed by atoms with van der Waals surface area (Å²) in [6, 6.07) is 17.0. The normalized spacial score (nSPS) is 11.0. The Kier molecular flexibility index (Phi) is 5.84. The predicted molar refractivity (Wildman–Crippen MR) is 122 cm³/mol. The molecular formula is C21H16BrN3O2S2. The van der Waals surface area contributed by atoms with Crippen molar-refractivity contribution in [3.05, 3.63) is 91.5 Å². The summed E-state index contributed by atoms with van der Waals surface area (Å²) >= 11 is 6.09. The van der Waals surface area contributed by atoms with Gasteiger partial charge in [0.05, 0.1) is 5.52 Å². The molecule has 2 aromatic carbocycles. The largest absolute Gasteiger partial charge is 0.291 e. The number of nitrogens with zero attached hydrogens (tertiary/aromatic N) is 2. The summed E-state index contributed by atoms with van der Waals surface area (Å²) in [5.74, 6) is 0.264. The molecule has 0 fully saturated rings. The molecule has 0 saturated carbocycles. The molecule has 0 aliphatic heterocycles. The Morgan fingerprint density at radius 2 is 2.03 bits per heavy atom. The van der Waals surface area contributed by atoms with Crippen LogP contribution >= 0.6 is 39.0 Å². The van der Waals surface area contributed by atoms with Crippen LogP contribution < -0.4 is 11.0 Å². The van der Waals surface area contributed by atoms with E-state index in [0.717, 1.165) is 10.0 Å². The summed E-state index contributed by atoms with van der Waals surface area (Å²) in [6.07, 6.45) is 0. The van der Waals surface area contributed by atoms with Crippen molar-refractivity contribution < 1.29 is 4.79 Å². The summed E-state index contributed by atoms with van der Waals surface area (Å²) in [5.41, 5.74) is 5.83. The van der Waals surface area contributed by atoms with E-state index in [2.05, 4.69) is 32.4 Å². The van der Waals surface area contributed by atoms with Gasteiger partial charge in [0.2, 0.25) is 0 Å². The molecule has 1 amide bonds. The fourth-order valence-corrected chi connectivity index (χ4v) is 4.89. The van der Waals surface area contributed by atoms with Crippen LogP contribution in [-0.4, -0.2) is 15.6 Å². The molecule has 0 radical (unpaired) electrons. The molecule has 146 valence electrons. The highest BCUT2D eigenvalue weighted by Crippen LogP contribution is 2.24. The van der Waals surface area contributed by atoms with Crippen molar-refractivity contribution in [2.45, 2.75) is 17.8 Å². The standard InChI is InChI=1S/C21H16BrN3O2S2/c1-13-4-2-5-14(10-13)12-29-21-23-17-8-9-28-18(17)20(27)25(21)24-19(26)15-6-3-7-16(22)11-15/h2-11H,12H2,1H3,(H,24,26). The first-order valence-electron chi connectivity index (χ1n) is 8.77. The monoisotopic (exact) mass is 485 g/mol. The molecule has 0 saturated heterocycles. The van der Waals surface area contributed by atoms with Gasteiger partial charge in [0.15, 0.2) is 5.16 Å². The molecule has 5 nitrogen and oxygen atoms in total. The van der Waals surface area contributed by atoms with Crippen LogP contribution in [-0.2, 0) is 5.75 Å². The van der Waals surface area contributed by atoms with Gasteiger partial charge in [-0.1, -0.05) is 63.6 Å². The Bertz CT molecular complexity index is 1270. The van der Waals surface area contributed by atoms with E-state index in [1.807, 2.05) is 42.6 Å². The van der Waals surface area contributed by atoms with Gasteiger partial charge < -0.3 is 0 Å². The van der Waals surface area contributed by atoms with Gasteiger partial charge >= 0.3 is 0 Å². The fraction of sp³-hybridized carbons (Fsp3) is 0.0952. The zero-order valence-electron chi connectivity index (χ0n) is 15.4. The van der Waals surface area contributed by atoms with Gasteiger partial charge in [-0.25, -0.2) is 4.98 Å². The summed E-state index contributed by atoms with van der Waals surface area (Å²) in [5, 5.41) is 2.28. The molecule has 29 heavy (non-hydrogen) atoms. The van der Waals surface area contributed by atoms with Crippen molar-refractivity contribution in [1.29, 1.82) is 0 Å². The quantitative estimate of drug-likeness (QED) is 0.311. The minimum Gasteiger partial charge on any atom is -0.267 e. The molecule has 4 aromatic rings. The lowest BCUT2D eigenvalue weighted by atomic mass is 10.2. The minimum atomic E-state index is -0.372. The Labute approximate surface area is 183 Å². The maximum absolute atomic E-state index is 13.0. The van der Waals surface area contributed by atoms with Gasteiger partial charge in [-0.3, -0.25) is 15.0 Å². The number of halogens is 1. The van der Waals surface area contributed by atoms with Crippen molar-refractivity contribution in [3.8, 4) is 0 Å². The first-order chi connectivity index (χ1) is 14.0. The Morgan fingerprint density at radius 1 is 1.21 bits per heavy atom. The van der Waals surface area contributed by atoms with Gasteiger partial charge in [0, 0.05) is 15.8 Å². The number of fused-ring (bicyclic) bond motifs is 1. The van der Waals surface area contributed by atoms with E-state index in [9.17, 15) is 9.59 Å². The molecular weight excluding hydrogens is 470 g/mol. The number of carbonyl (C=O) groups is 1. The predicted octanol–water partition coefficient (Wildman–Crippen LogP) is 5.21. The van der Waals surface area contributed by atoms with Crippen molar-refractivity contribution in [2.75, 3.05) is 5.43 Å². The average molecular weight is 486 g/mol. The van der Waals surface area contributed by atoms with E-state index in [-0.39, 0.29) is 11.5 Å². The maximum atomic E-state index is 13.0. The molecule has 8 heteroatoms. The lowest BCUT2D eigenvalue weighted by molar-refractivity contribution is 0.100. The number of aromatic nitrogens is 2. The van der Waals surface area contributed by atoms with Crippen molar-refractivity contribution in [1.82, 2.24) is 9.66 Å². The highest BCUT2D eigenvalue weighted by atomic mass is 79.9. The number of thioether (sulfide) groups is 1. The van der Waals surface area contributed by atoms with Crippen LogP contribution in [0.1, 0.15) is 21.5 Å². The number of hydrogen-bond donors (Lipinski definition) is 1. The van der Waals surface area contributed by atoms with Gasteiger partial charge in [0.25, 0.3) is 11.5 Å². The summed E-state index contributed by atoms with van der Waals surface area (Å²) in [7, 11) is 0. The summed E-state index contributed by atoms with van der Waals surface area (Å²) in [6.45, 7) is 2.04. The van der Waals surface area contributed by atoms with E-state index in [0.29, 0.717) is 26.7 Å². The number of nitrogens with one attached hydrogen (secondary N) is 1. The van der Waals surface area contributed by atoms with Crippen molar-refractivity contribution in [3.63, 3.8) is 0 Å². The topological polar surface area (TPSA) is 64.0 Å². The van der Waals surface area contributed by atoms with E-state index in [4.69, 9.17) is 0 Å². The van der Waals surface area contributed by atoms with Crippen LogP contribution in [0.15, 0.2) is 74.4 Å². The van der Waals surface area contributed by atoms with Gasteiger partial charge in [-0.15, -0.1) is 11.3 Å². The lowest BCUT2D eigenvalue weighted by Gasteiger charge is -2.13. The molecule has 4 rings (SSSR count). The third-order valence-corrected chi connectivity index (χ3v) is 6.59. The number of benzene rings is 2. The summed E-state index contributed by atoms with van der Waals surface area (Å²) < 4.78 is 2.56. The smallest absolute Gasteiger partial charge is 0.267 e. The highest BCUT2D eigenvalue weighted by Gasteiger charge is 2.16. The molecule has 0 unspecified atom stereocenters. The van der Waals surface area contributed by atoms with E-state index >= 15 is 0 Å². The number of rotatable bonds is 5. The van der Waals surface area contributed by atoms with E-state index in [1.54, 1.807) is 18.2 Å². The number of amides is 1. The first-order valence-corrected chi connectivity index (χ1v) is 11.4. The maximum Gasteiger partial charge on any atom is 0.291 e. The van der Waals surface area contributed by atoms with Crippen LogP contribution in [0, 0.1) is 6.92 Å². The molecule has 2 aromatic heterocycles. The van der Waals surface area contributed by atoms with Gasteiger partial charge in [-0.2, -0.15) is 4.68 Å². The van der Waals surface area contributed by atoms with Crippen LogP contribution in [0.2, 0.25) is 0 Å². The fourth-order valence-electron chi connectivity index (χ4n) is 2.83. The van der Waals surface area contributed by atoms with Crippen molar-refractivity contribution >= 4 is 55.2 Å². The van der Waals surface area contributed by atoms with Gasteiger partial charge in [-0.05, 0) is 42.1 Å². The first kappa shape index (κ1) is 19.9. The third kappa shape index (κ3) is 4.44. The Balaban J connectivity index is 1.69. The number of carbonyl (C=O) groups excluding carboxylic acids is 1. The van der Waals surface area contributed by atoms with E-state index in [1.165, 1.54) is 33.3 Å². The summed E-state index contributed by atoms with van der Waals surface area (Å²) in [4.78, 5) is 30.4. The number of hydrogen-bond acceptors (Lipinski definition) is 5. The van der Waals surface area contributed by atoms with Crippen LogP contribution in [0.4, 0.5) is 0 Å². The third-order valence-electron chi connectivity index (χ3n) is 4.20. The lowest BCUT2D eigenvalue weighted by Crippen LogP contribution is -2.34. The van der Waals surface area contributed by atoms with Crippen LogP contribution in [0.3, 0.4) is 0 Å². The van der Waals surface area contributed by atoms with Crippen LogP contribution in [0.25, 0.3) is 10.2 Å². The molecule has 2 heterocycles. The second kappa shape index (κ2) is 8.52. The Morgan fingerprint density at radius 3 is 2.83 bits per heavy atom. The molecule has 0 aliphatic rings. The zero-order chi connectivity index (χ0) is 20.4. The highest BCUT2D eigenvalue weighted by molar-refractivity contribution is 9.10. The Hall–Kier alpha value is -2.42. The average Bonchev–Trinajstić information content (AvgIpc) is 3.17. The molecule has 0 spiro atoms. The number of aryl methyl sites for hydroxylation is 1. The second-order valence-electron chi connectivity index (χ2n) is 6.40. The SMILES string of the molecule is Cc1cccc(CSc2nc3ccsc3c(=O)n2NC(=O)c2cccc(Br)c2)c1. The molecule has 0 bridgehead atoms. The zero-order valence-corrected chi connectivity index (χ0v) is 18.6. The molecule has 0 atom stereocenters. The minimum absolute atomic E-state index is 0.278. The molecule has 0 aliphatic carbocycles.